The average Bonchev–Trinajstić information content (AvgIpc) is 2.56. The summed E-state index contributed by atoms with van der Waals surface area (Å²) in [4.78, 5) is 22.8. The lowest BCUT2D eigenvalue weighted by molar-refractivity contribution is -0.122. The van der Waals surface area contributed by atoms with Gasteiger partial charge in [0, 0.05) is 0 Å². The van der Waals surface area contributed by atoms with E-state index in [2.05, 4.69) is 17.2 Å². The molecule has 1 saturated heterocycles. The molecule has 1 aromatic rings. The van der Waals surface area contributed by atoms with E-state index in [9.17, 15) is 9.59 Å². The fourth-order valence-electron chi connectivity index (χ4n) is 1.63. The monoisotopic (exact) mass is 202 g/mol. The van der Waals surface area contributed by atoms with Crippen LogP contribution in [-0.4, -0.2) is 11.9 Å². The molecule has 1 aromatic carbocycles. The SMILES string of the molecule is C=CC1(c2ccccc2)NC(=O)NC1=O. The lowest BCUT2D eigenvalue weighted by atomic mass is 9.90. The van der Waals surface area contributed by atoms with Crippen molar-refractivity contribution in [3.63, 3.8) is 0 Å². The molecule has 3 amide bonds. The average molecular weight is 202 g/mol. The summed E-state index contributed by atoms with van der Waals surface area (Å²) < 4.78 is 0. The molecule has 15 heavy (non-hydrogen) atoms. The van der Waals surface area contributed by atoms with Gasteiger partial charge in [-0.3, -0.25) is 10.1 Å². The van der Waals surface area contributed by atoms with E-state index in [1.807, 2.05) is 6.07 Å². The molecule has 0 aliphatic carbocycles. The van der Waals surface area contributed by atoms with Gasteiger partial charge in [0.2, 0.25) is 0 Å². The number of carbonyl (C=O) groups excluding carboxylic acids is 2. The van der Waals surface area contributed by atoms with Crippen LogP contribution in [0, 0.1) is 0 Å². The first kappa shape index (κ1) is 9.45. The second-order valence-corrected chi connectivity index (χ2v) is 3.29. The molecular weight excluding hydrogens is 192 g/mol. The van der Waals surface area contributed by atoms with Gasteiger partial charge in [0.15, 0.2) is 5.54 Å². The van der Waals surface area contributed by atoms with E-state index in [-0.39, 0.29) is 0 Å². The van der Waals surface area contributed by atoms with Crippen molar-refractivity contribution < 1.29 is 9.59 Å². The molecule has 4 heteroatoms. The first-order valence-corrected chi connectivity index (χ1v) is 4.52. The first-order chi connectivity index (χ1) is 7.19. The lowest BCUT2D eigenvalue weighted by Crippen LogP contribution is -2.41. The smallest absolute Gasteiger partial charge is 0.316 e. The third kappa shape index (κ3) is 1.30. The van der Waals surface area contributed by atoms with Crippen molar-refractivity contribution in [2.24, 2.45) is 0 Å². The van der Waals surface area contributed by atoms with Gasteiger partial charge in [-0.05, 0) is 5.56 Å². The summed E-state index contributed by atoms with van der Waals surface area (Å²) in [7, 11) is 0. The molecule has 1 aliphatic rings. The van der Waals surface area contributed by atoms with Gasteiger partial charge in [-0.2, -0.15) is 0 Å². The van der Waals surface area contributed by atoms with E-state index in [0.29, 0.717) is 5.56 Å². The number of rotatable bonds is 2. The highest BCUT2D eigenvalue weighted by molar-refractivity contribution is 6.08. The van der Waals surface area contributed by atoms with Crippen molar-refractivity contribution in [1.29, 1.82) is 0 Å². The molecule has 0 radical (unpaired) electrons. The lowest BCUT2D eigenvalue weighted by Gasteiger charge is -2.21. The minimum atomic E-state index is -1.13. The van der Waals surface area contributed by atoms with Crippen LogP contribution in [-0.2, 0) is 10.3 Å². The summed E-state index contributed by atoms with van der Waals surface area (Å²) in [5, 5.41) is 4.76. The van der Waals surface area contributed by atoms with Gasteiger partial charge in [0.05, 0.1) is 0 Å². The Kier molecular flexibility index (Phi) is 2.04. The second-order valence-electron chi connectivity index (χ2n) is 3.29. The Labute approximate surface area is 87.0 Å². The van der Waals surface area contributed by atoms with Crippen LogP contribution in [0.2, 0.25) is 0 Å². The quantitative estimate of drug-likeness (QED) is 0.553. The third-order valence-electron chi connectivity index (χ3n) is 2.43. The van der Waals surface area contributed by atoms with Crippen LogP contribution in [0.5, 0.6) is 0 Å². The van der Waals surface area contributed by atoms with E-state index in [1.165, 1.54) is 6.08 Å². The van der Waals surface area contributed by atoms with Gasteiger partial charge in [0.25, 0.3) is 5.91 Å². The number of nitrogens with one attached hydrogen (secondary N) is 2. The molecule has 0 bridgehead atoms. The highest BCUT2D eigenvalue weighted by atomic mass is 16.2. The Morgan fingerprint density at radius 2 is 1.87 bits per heavy atom. The molecule has 76 valence electrons. The third-order valence-corrected chi connectivity index (χ3v) is 2.43. The van der Waals surface area contributed by atoms with Crippen LogP contribution in [0.3, 0.4) is 0 Å². The fourth-order valence-corrected chi connectivity index (χ4v) is 1.63. The Bertz CT molecular complexity index is 427. The van der Waals surface area contributed by atoms with Crippen molar-refractivity contribution in [1.82, 2.24) is 10.6 Å². The largest absolute Gasteiger partial charge is 0.322 e. The van der Waals surface area contributed by atoms with Crippen molar-refractivity contribution in [2.45, 2.75) is 5.54 Å². The predicted octanol–water partition coefficient (Wildman–Crippen LogP) is 0.907. The standard InChI is InChI=1S/C11H10N2O2/c1-2-11(8-6-4-3-5-7-8)9(14)12-10(15)13-11/h2-7H,1H2,(H2,12,13,14,15). The number of benzene rings is 1. The highest BCUT2D eigenvalue weighted by Crippen LogP contribution is 2.25. The Balaban J connectivity index is 2.52. The molecule has 1 aliphatic heterocycles. The van der Waals surface area contributed by atoms with Crippen molar-refractivity contribution in [3.8, 4) is 0 Å². The van der Waals surface area contributed by atoms with Crippen LogP contribution in [0.15, 0.2) is 43.0 Å². The molecule has 0 saturated carbocycles. The van der Waals surface area contributed by atoms with Gasteiger partial charge in [0.1, 0.15) is 0 Å². The molecule has 2 rings (SSSR count). The molecule has 4 nitrogen and oxygen atoms in total. The van der Waals surface area contributed by atoms with E-state index >= 15 is 0 Å². The minimum Gasteiger partial charge on any atom is -0.316 e. The van der Waals surface area contributed by atoms with Crippen LogP contribution in [0.4, 0.5) is 4.79 Å². The van der Waals surface area contributed by atoms with Crippen molar-refractivity contribution in [2.75, 3.05) is 0 Å². The Morgan fingerprint density at radius 3 is 2.33 bits per heavy atom. The van der Waals surface area contributed by atoms with Crippen LogP contribution < -0.4 is 10.6 Å². The summed E-state index contributed by atoms with van der Waals surface area (Å²) in [5.41, 5.74) is -0.429. The van der Waals surface area contributed by atoms with Gasteiger partial charge in [-0.1, -0.05) is 43.0 Å². The van der Waals surface area contributed by atoms with E-state index in [0.717, 1.165) is 0 Å². The van der Waals surface area contributed by atoms with Gasteiger partial charge < -0.3 is 5.32 Å². The molecule has 2 N–H and O–H groups in total. The molecule has 0 aromatic heterocycles. The maximum absolute atomic E-state index is 11.7. The van der Waals surface area contributed by atoms with Crippen LogP contribution in [0.1, 0.15) is 5.56 Å². The number of imide groups is 1. The van der Waals surface area contributed by atoms with Gasteiger partial charge in [-0.15, -0.1) is 0 Å². The van der Waals surface area contributed by atoms with E-state index < -0.39 is 17.5 Å². The molecule has 1 atom stereocenters. The summed E-state index contributed by atoms with van der Waals surface area (Å²) >= 11 is 0. The number of amides is 3. The topological polar surface area (TPSA) is 58.2 Å². The van der Waals surface area contributed by atoms with Gasteiger partial charge >= 0.3 is 6.03 Å². The first-order valence-electron chi connectivity index (χ1n) is 4.52. The summed E-state index contributed by atoms with van der Waals surface area (Å²) in [6, 6.07) is 8.49. The van der Waals surface area contributed by atoms with Crippen LogP contribution in [0.25, 0.3) is 0 Å². The molecule has 1 unspecified atom stereocenters. The number of urea groups is 1. The fraction of sp³-hybridized carbons (Fsp3) is 0.0909. The van der Waals surface area contributed by atoms with Crippen LogP contribution >= 0.6 is 0 Å². The zero-order valence-corrected chi connectivity index (χ0v) is 7.99. The molecule has 0 spiro atoms. The molecular formula is C11H10N2O2. The van der Waals surface area contributed by atoms with Crippen molar-refractivity contribution >= 4 is 11.9 Å². The normalized spacial score (nSPS) is 24.5. The predicted molar refractivity (Wildman–Crippen MR) is 55.0 cm³/mol. The van der Waals surface area contributed by atoms with Crippen molar-refractivity contribution in [3.05, 3.63) is 48.6 Å². The molecule has 1 heterocycles. The maximum Gasteiger partial charge on any atom is 0.322 e. The Hall–Kier alpha value is -2.10. The minimum absolute atomic E-state index is 0.395. The van der Waals surface area contributed by atoms with E-state index in [4.69, 9.17) is 0 Å². The second kappa shape index (κ2) is 3.24. The zero-order chi connectivity index (χ0) is 10.9. The number of hydrogen-bond donors (Lipinski definition) is 2. The zero-order valence-electron chi connectivity index (χ0n) is 7.99. The Morgan fingerprint density at radius 1 is 1.20 bits per heavy atom. The number of carbonyl (C=O) groups is 2. The van der Waals surface area contributed by atoms with Gasteiger partial charge in [-0.25, -0.2) is 4.79 Å². The maximum atomic E-state index is 11.7. The van der Waals surface area contributed by atoms with E-state index in [1.54, 1.807) is 24.3 Å². The summed E-state index contributed by atoms with van der Waals surface area (Å²) in [6.07, 6.45) is 1.43. The summed E-state index contributed by atoms with van der Waals surface area (Å²) in [5.74, 6) is -0.395. The molecule has 1 fully saturated rings. The summed E-state index contributed by atoms with van der Waals surface area (Å²) in [6.45, 7) is 3.60. The highest BCUT2D eigenvalue weighted by Gasteiger charge is 2.44. The number of hydrogen-bond acceptors (Lipinski definition) is 2.